The molecule has 0 spiro atoms. The molecule has 0 amide bonds. The van der Waals surface area contributed by atoms with Crippen LogP contribution in [-0.2, 0) is 22.6 Å². The van der Waals surface area contributed by atoms with Crippen molar-refractivity contribution in [2.24, 2.45) is 0 Å². The van der Waals surface area contributed by atoms with Gasteiger partial charge in [-0.2, -0.15) is 5.10 Å². The molecule has 1 atom stereocenters. The standard InChI is InChI=1S/C21H22N4O3S/c1-13-16(3-4-17-18(13)12-28-21(17)26)19-11-24(5-6-27-19)9-15-7-23-25(10-15)20-8-22-14(2)29-20/h3-4,7-8,10,19H,5-6,9,11-12H2,1-2H3/t19-/m0/s1. The van der Waals surface area contributed by atoms with Crippen LogP contribution in [0.5, 0.6) is 0 Å². The first-order valence-electron chi connectivity index (χ1n) is 9.68. The number of cyclic esters (lactones) is 1. The fourth-order valence-corrected chi connectivity index (χ4v) is 4.73. The Morgan fingerprint density at radius 3 is 3.00 bits per heavy atom. The van der Waals surface area contributed by atoms with Gasteiger partial charge in [-0.1, -0.05) is 17.4 Å². The first-order chi connectivity index (χ1) is 14.1. The maximum atomic E-state index is 11.8. The van der Waals surface area contributed by atoms with Crippen molar-refractivity contribution in [3.8, 4) is 5.00 Å². The summed E-state index contributed by atoms with van der Waals surface area (Å²) in [7, 11) is 0. The average Bonchev–Trinajstić information content (AvgIpc) is 3.43. The summed E-state index contributed by atoms with van der Waals surface area (Å²) in [5, 5.41) is 6.55. The Hall–Kier alpha value is -2.55. The van der Waals surface area contributed by atoms with Crippen molar-refractivity contribution in [2.45, 2.75) is 33.1 Å². The minimum atomic E-state index is -0.228. The molecule has 0 saturated carbocycles. The molecule has 1 aromatic carbocycles. The molecule has 0 unspecified atom stereocenters. The van der Waals surface area contributed by atoms with Crippen molar-refractivity contribution in [1.82, 2.24) is 19.7 Å². The summed E-state index contributed by atoms with van der Waals surface area (Å²) < 4.78 is 13.2. The predicted octanol–water partition coefficient (Wildman–Crippen LogP) is 3.19. The minimum Gasteiger partial charge on any atom is -0.457 e. The molecule has 8 heteroatoms. The third-order valence-electron chi connectivity index (χ3n) is 5.58. The van der Waals surface area contributed by atoms with Gasteiger partial charge in [0.1, 0.15) is 11.6 Å². The molecule has 7 nitrogen and oxygen atoms in total. The summed E-state index contributed by atoms with van der Waals surface area (Å²) in [4.78, 5) is 18.5. The summed E-state index contributed by atoms with van der Waals surface area (Å²) in [6.45, 7) is 7.60. The second-order valence-corrected chi connectivity index (χ2v) is 8.70. The van der Waals surface area contributed by atoms with Gasteiger partial charge < -0.3 is 9.47 Å². The zero-order valence-electron chi connectivity index (χ0n) is 16.4. The van der Waals surface area contributed by atoms with E-state index in [1.54, 1.807) is 11.3 Å². The molecule has 1 fully saturated rings. The lowest BCUT2D eigenvalue weighted by Gasteiger charge is -2.33. The number of nitrogens with zero attached hydrogens (tertiary/aromatic N) is 4. The van der Waals surface area contributed by atoms with Crippen LogP contribution < -0.4 is 0 Å². The topological polar surface area (TPSA) is 69.5 Å². The van der Waals surface area contributed by atoms with Gasteiger partial charge in [-0.05, 0) is 31.0 Å². The highest BCUT2D eigenvalue weighted by atomic mass is 32.1. The van der Waals surface area contributed by atoms with Crippen LogP contribution in [0.25, 0.3) is 5.00 Å². The zero-order chi connectivity index (χ0) is 20.0. The van der Waals surface area contributed by atoms with Crippen LogP contribution in [0.3, 0.4) is 0 Å². The predicted molar refractivity (Wildman–Crippen MR) is 108 cm³/mol. The van der Waals surface area contributed by atoms with Crippen LogP contribution in [0.15, 0.2) is 30.7 Å². The largest absolute Gasteiger partial charge is 0.457 e. The van der Waals surface area contributed by atoms with E-state index in [0.29, 0.717) is 18.8 Å². The molecule has 29 heavy (non-hydrogen) atoms. The molecule has 4 heterocycles. The van der Waals surface area contributed by atoms with Gasteiger partial charge in [0.2, 0.25) is 0 Å². The van der Waals surface area contributed by atoms with Gasteiger partial charge in [-0.3, -0.25) is 4.90 Å². The minimum absolute atomic E-state index is 0.0102. The quantitative estimate of drug-likeness (QED) is 0.616. The van der Waals surface area contributed by atoms with E-state index in [1.807, 2.05) is 36.1 Å². The monoisotopic (exact) mass is 410 g/mol. The summed E-state index contributed by atoms with van der Waals surface area (Å²) in [6.07, 6.45) is 5.83. The summed E-state index contributed by atoms with van der Waals surface area (Å²) in [6, 6.07) is 3.88. The van der Waals surface area contributed by atoms with Crippen LogP contribution >= 0.6 is 11.3 Å². The number of benzene rings is 1. The number of carbonyl (C=O) groups excluding carboxylic acids is 1. The van der Waals surface area contributed by atoms with E-state index in [-0.39, 0.29) is 12.1 Å². The lowest BCUT2D eigenvalue weighted by molar-refractivity contribution is -0.0332. The van der Waals surface area contributed by atoms with Crippen LogP contribution in [0, 0.1) is 13.8 Å². The van der Waals surface area contributed by atoms with Gasteiger partial charge in [-0.15, -0.1) is 0 Å². The third-order valence-corrected chi connectivity index (χ3v) is 6.48. The maximum absolute atomic E-state index is 11.8. The Bertz CT molecular complexity index is 1070. The Labute approximate surface area is 172 Å². The van der Waals surface area contributed by atoms with Crippen molar-refractivity contribution in [2.75, 3.05) is 19.7 Å². The molecule has 1 saturated heterocycles. The van der Waals surface area contributed by atoms with Crippen LogP contribution in [0.2, 0.25) is 0 Å². The van der Waals surface area contributed by atoms with E-state index >= 15 is 0 Å². The number of thiazole rings is 1. The number of hydrogen-bond donors (Lipinski definition) is 0. The number of aryl methyl sites for hydroxylation is 1. The fraction of sp³-hybridized carbons (Fsp3) is 0.381. The fourth-order valence-electron chi connectivity index (χ4n) is 4.03. The van der Waals surface area contributed by atoms with Gasteiger partial charge in [0.25, 0.3) is 0 Å². The number of ether oxygens (including phenoxy) is 2. The van der Waals surface area contributed by atoms with E-state index in [4.69, 9.17) is 9.47 Å². The number of hydrogen-bond acceptors (Lipinski definition) is 7. The number of fused-ring (bicyclic) bond motifs is 1. The molecule has 5 rings (SSSR count). The van der Waals surface area contributed by atoms with Gasteiger partial charge >= 0.3 is 5.97 Å². The molecule has 0 N–H and O–H groups in total. The molecule has 3 aromatic rings. The highest BCUT2D eigenvalue weighted by molar-refractivity contribution is 7.14. The molecule has 2 aliphatic rings. The zero-order valence-corrected chi connectivity index (χ0v) is 17.2. The lowest BCUT2D eigenvalue weighted by Crippen LogP contribution is -2.38. The van der Waals surface area contributed by atoms with Crippen LogP contribution in [-0.4, -0.2) is 45.3 Å². The first-order valence-corrected chi connectivity index (χ1v) is 10.5. The lowest BCUT2D eigenvalue weighted by atomic mass is 9.94. The van der Waals surface area contributed by atoms with Crippen molar-refractivity contribution in [3.05, 3.63) is 63.5 Å². The summed E-state index contributed by atoms with van der Waals surface area (Å²) >= 11 is 1.63. The molecule has 2 aromatic heterocycles. The van der Waals surface area contributed by atoms with Crippen molar-refractivity contribution >= 4 is 17.3 Å². The average molecular weight is 410 g/mol. The normalized spacial score (nSPS) is 19.4. The molecular formula is C21H22N4O3S. The Kier molecular flexibility index (Phi) is 4.69. The number of rotatable bonds is 4. The number of aromatic nitrogens is 3. The van der Waals surface area contributed by atoms with Crippen molar-refractivity contribution in [1.29, 1.82) is 0 Å². The van der Waals surface area contributed by atoms with E-state index in [2.05, 4.69) is 28.1 Å². The summed E-state index contributed by atoms with van der Waals surface area (Å²) in [5.41, 5.74) is 5.09. The Balaban J connectivity index is 1.31. The highest BCUT2D eigenvalue weighted by Crippen LogP contribution is 2.32. The van der Waals surface area contributed by atoms with Crippen molar-refractivity contribution < 1.29 is 14.3 Å². The third kappa shape index (κ3) is 3.48. The van der Waals surface area contributed by atoms with Gasteiger partial charge in [0.15, 0.2) is 0 Å². The Morgan fingerprint density at radius 2 is 2.17 bits per heavy atom. The van der Waals surface area contributed by atoms with E-state index in [9.17, 15) is 4.79 Å². The second kappa shape index (κ2) is 7.37. The Morgan fingerprint density at radius 1 is 1.28 bits per heavy atom. The number of esters is 1. The molecule has 2 aliphatic heterocycles. The van der Waals surface area contributed by atoms with Gasteiger partial charge in [0.05, 0.1) is 35.7 Å². The van der Waals surface area contributed by atoms with E-state index in [0.717, 1.165) is 46.3 Å². The van der Waals surface area contributed by atoms with Crippen LogP contribution in [0.4, 0.5) is 0 Å². The van der Waals surface area contributed by atoms with E-state index < -0.39 is 0 Å². The second-order valence-electron chi connectivity index (χ2n) is 7.49. The van der Waals surface area contributed by atoms with Gasteiger partial charge in [-0.25, -0.2) is 14.5 Å². The smallest absolute Gasteiger partial charge is 0.338 e. The molecule has 150 valence electrons. The van der Waals surface area contributed by atoms with Gasteiger partial charge in [0, 0.05) is 37.0 Å². The maximum Gasteiger partial charge on any atom is 0.338 e. The van der Waals surface area contributed by atoms with Crippen LogP contribution in [0.1, 0.15) is 43.7 Å². The highest BCUT2D eigenvalue weighted by Gasteiger charge is 2.29. The molecule has 0 aliphatic carbocycles. The number of carbonyl (C=O) groups is 1. The first kappa shape index (κ1) is 18.5. The molecule has 0 bridgehead atoms. The van der Waals surface area contributed by atoms with E-state index in [1.165, 1.54) is 5.56 Å². The molecular weight excluding hydrogens is 388 g/mol. The van der Waals surface area contributed by atoms with Crippen molar-refractivity contribution in [3.63, 3.8) is 0 Å². The number of morpholine rings is 1. The molecule has 0 radical (unpaired) electrons. The summed E-state index contributed by atoms with van der Waals surface area (Å²) in [5.74, 6) is -0.228. The SMILES string of the molecule is Cc1ncc(-n2cc(CN3CCO[C@H](c4ccc5c(c4C)COC5=O)C3)cn2)s1.